The van der Waals surface area contributed by atoms with Gasteiger partial charge in [-0.25, -0.2) is 4.79 Å². The van der Waals surface area contributed by atoms with Crippen LogP contribution in [0.4, 0.5) is 0 Å². The monoisotopic (exact) mass is 156 g/mol. The molecule has 11 heavy (non-hydrogen) atoms. The zero-order valence-corrected chi connectivity index (χ0v) is 6.12. The molecular formula is C7H8O4. The molecule has 1 aliphatic rings. The average molecular weight is 156 g/mol. The van der Waals surface area contributed by atoms with Crippen molar-refractivity contribution in [1.82, 2.24) is 0 Å². The summed E-state index contributed by atoms with van der Waals surface area (Å²) < 4.78 is 9.33. The third kappa shape index (κ3) is 1.48. The summed E-state index contributed by atoms with van der Waals surface area (Å²) in [5.74, 6) is 0.710. The summed E-state index contributed by atoms with van der Waals surface area (Å²) in [7, 11) is 1.28. The molecule has 0 aromatic carbocycles. The molecule has 0 aliphatic carbocycles. The maximum atomic E-state index is 10.9. The molecule has 1 unspecified atom stereocenters. The van der Waals surface area contributed by atoms with Crippen LogP contribution in [0.2, 0.25) is 0 Å². The summed E-state index contributed by atoms with van der Waals surface area (Å²) >= 11 is 0. The highest BCUT2D eigenvalue weighted by Gasteiger charge is 2.30. The largest absolute Gasteiger partial charge is 0.468 e. The summed E-state index contributed by atoms with van der Waals surface area (Å²) in [4.78, 5) is 21.1. The van der Waals surface area contributed by atoms with E-state index in [0.717, 1.165) is 0 Å². The molecule has 1 fully saturated rings. The van der Waals surface area contributed by atoms with E-state index in [1.54, 1.807) is 5.94 Å². The van der Waals surface area contributed by atoms with Gasteiger partial charge in [0.05, 0.1) is 25.9 Å². The molecular weight excluding hydrogens is 148 g/mol. The minimum absolute atomic E-state index is 0.198. The lowest BCUT2D eigenvalue weighted by Crippen LogP contribution is -2.17. The molecule has 1 rings (SSSR count). The topological polar surface area (TPSA) is 52.6 Å². The van der Waals surface area contributed by atoms with Crippen LogP contribution in [-0.2, 0) is 19.1 Å². The van der Waals surface area contributed by atoms with Gasteiger partial charge < -0.3 is 9.47 Å². The zero-order chi connectivity index (χ0) is 8.27. The van der Waals surface area contributed by atoms with Crippen molar-refractivity contribution in [2.24, 2.45) is 5.92 Å². The van der Waals surface area contributed by atoms with Crippen LogP contribution in [0.15, 0.2) is 5.57 Å². The van der Waals surface area contributed by atoms with E-state index in [-0.39, 0.29) is 13.2 Å². The molecule has 0 amide bonds. The molecule has 0 saturated carbocycles. The van der Waals surface area contributed by atoms with Crippen molar-refractivity contribution in [1.29, 1.82) is 0 Å². The maximum absolute atomic E-state index is 10.9. The molecule has 0 aromatic heterocycles. The zero-order valence-electron chi connectivity index (χ0n) is 6.12. The van der Waals surface area contributed by atoms with Crippen molar-refractivity contribution in [2.75, 3.05) is 20.3 Å². The number of carbonyl (C=O) groups is 1. The van der Waals surface area contributed by atoms with Crippen molar-refractivity contribution in [3.8, 4) is 0 Å². The molecule has 1 saturated heterocycles. The van der Waals surface area contributed by atoms with Gasteiger partial charge in [-0.1, -0.05) is 0 Å². The van der Waals surface area contributed by atoms with E-state index in [1.165, 1.54) is 7.11 Å². The van der Waals surface area contributed by atoms with Crippen molar-refractivity contribution in [3.63, 3.8) is 0 Å². The Balaban J connectivity index is 2.72. The summed E-state index contributed by atoms with van der Waals surface area (Å²) in [6.07, 6.45) is 0. The SMILES string of the molecule is COC(=O)C1COCC1=C=O. The normalized spacial score (nSPS) is 23.0. The lowest BCUT2D eigenvalue weighted by atomic mass is 10.1. The molecule has 60 valence electrons. The van der Waals surface area contributed by atoms with Crippen molar-refractivity contribution in [2.45, 2.75) is 0 Å². The van der Waals surface area contributed by atoms with Crippen LogP contribution in [0, 0.1) is 5.92 Å². The standard InChI is InChI=1S/C7H8O4/c1-10-7(9)6-4-11-3-5(6)2-8/h6H,3-4H2,1H3. The van der Waals surface area contributed by atoms with E-state index >= 15 is 0 Å². The lowest BCUT2D eigenvalue weighted by Gasteiger charge is -2.02. The summed E-state index contributed by atoms with van der Waals surface area (Å²) in [6.45, 7) is 0.431. The predicted molar refractivity (Wildman–Crippen MR) is 35.5 cm³/mol. The Morgan fingerprint density at radius 1 is 1.82 bits per heavy atom. The van der Waals surface area contributed by atoms with Gasteiger partial charge in [0.15, 0.2) is 0 Å². The second-order valence-corrected chi connectivity index (χ2v) is 2.22. The number of rotatable bonds is 1. The van der Waals surface area contributed by atoms with Crippen LogP contribution in [0.3, 0.4) is 0 Å². The fraction of sp³-hybridized carbons (Fsp3) is 0.571. The Morgan fingerprint density at radius 2 is 2.55 bits per heavy atom. The van der Waals surface area contributed by atoms with E-state index in [2.05, 4.69) is 4.74 Å². The highest BCUT2D eigenvalue weighted by molar-refractivity contribution is 5.80. The van der Waals surface area contributed by atoms with E-state index in [0.29, 0.717) is 5.57 Å². The van der Waals surface area contributed by atoms with Crippen LogP contribution < -0.4 is 0 Å². The van der Waals surface area contributed by atoms with Gasteiger partial charge in [0.2, 0.25) is 0 Å². The van der Waals surface area contributed by atoms with Crippen LogP contribution in [0.25, 0.3) is 0 Å². The Bertz CT molecular complexity index is 214. The predicted octanol–water partition coefficient (Wildman–Crippen LogP) is -0.436. The first-order valence-electron chi connectivity index (χ1n) is 3.19. The van der Waals surface area contributed by atoms with Gasteiger partial charge in [-0.15, -0.1) is 0 Å². The van der Waals surface area contributed by atoms with Crippen molar-refractivity contribution < 1.29 is 19.1 Å². The van der Waals surface area contributed by atoms with E-state index in [4.69, 9.17) is 4.74 Å². The van der Waals surface area contributed by atoms with E-state index < -0.39 is 11.9 Å². The van der Waals surface area contributed by atoms with Gasteiger partial charge in [-0.3, -0.25) is 4.79 Å². The van der Waals surface area contributed by atoms with Crippen LogP contribution in [-0.4, -0.2) is 32.2 Å². The summed E-state index contributed by atoms with van der Waals surface area (Å²) in [5.41, 5.74) is 0.344. The van der Waals surface area contributed by atoms with Crippen LogP contribution >= 0.6 is 0 Å². The third-order valence-electron chi connectivity index (χ3n) is 1.58. The number of hydrogen-bond acceptors (Lipinski definition) is 4. The molecule has 1 heterocycles. The molecule has 0 radical (unpaired) electrons. The van der Waals surface area contributed by atoms with Gasteiger partial charge in [-0.2, -0.15) is 0 Å². The first-order chi connectivity index (χ1) is 5.29. The first-order valence-corrected chi connectivity index (χ1v) is 3.19. The smallest absolute Gasteiger partial charge is 0.316 e. The second kappa shape index (κ2) is 3.32. The van der Waals surface area contributed by atoms with Gasteiger partial charge in [0, 0.05) is 0 Å². The Kier molecular flexibility index (Phi) is 2.41. The lowest BCUT2D eigenvalue weighted by molar-refractivity contribution is -0.144. The minimum atomic E-state index is -0.530. The molecule has 1 aliphatic heterocycles. The molecule has 0 aromatic rings. The molecule has 4 heteroatoms. The van der Waals surface area contributed by atoms with Crippen LogP contribution in [0.5, 0.6) is 0 Å². The number of ether oxygens (including phenoxy) is 2. The quantitative estimate of drug-likeness (QED) is 0.381. The Hall–Kier alpha value is -1.12. The highest BCUT2D eigenvalue weighted by Crippen LogP contribution is 2.17. The first kappa shape index (κ1) is 7.98. The fourth-order valence-corrected chi connectivity index (χ4v) is 0.941. The average Bonchev–Trinajstić information content (AvgIpc) is 2.50. The molecule has 0 spiro atoms. The van der Waals surface area contributed by atoms with Gasteiger partial charge in [0.1, 0.15) is 11.9 Å². The number of esters is 1. The van der Waals surface area contributed by atoms with Gasteiger partial charge in [-0.05, 0) is 0 Å². The van der Waals surface area contributed by atoms with E-state index in [9.17, 15) is 9.59 Å². The molecule has 4 nitrogen and oxygen atoms in total. The van der Waals surface area contributed by atoms with Crippen molar-refractivity contribution in [3.05, 3.63) is 5.57 Å². The Morgan fingerprint density at radius 3 is 3.09 bits per heavy atom. The Labute approximate surface area is 63.8 Å². The summed E-state index contributed by atoms with van der Waals surface area (Å²) in [6, 6.07) is 0. The number of carbonyl (C=O) groups excluding carboxylic acids is 2. The van der Waals surface area contributed by atoms with Crippen LogP contribution in [0.1, 0.15) is 0 Å². The van der Waals surface area contributed by atoms with E-state index in [1.807, 2.05) is 0 Å². The molecule has 0 N–H and O–H groups in total. The minimum Gasteiger partial charge on any atom is -0.468 e. The fourth-order valence-electron chi connectivity index (χ4n) is 0.941. The summed E-state index contributed by atoms with van der Waals surface area (Å²) in [5, 5.41) is 0. The van der Waals surface area contributed by atoms with Gasteiger partial charge >= 0.3 is 5.97 Å². The second-order valence-electron chi connectivity index (χ2n) is 2.22. The van der Waals surface area contributed by atoms with Crippen molar-refractivity contribution >= 4 is 11.9 Å². The molecule has 0 bridgehead atoms. The molecule has 1 atom stereocenters. The van der Waals surface area contributed by atoms with Gasteiger partial charge in [0.25, 0.3) is 0 Å². The third-order valence-corrected chi connectivity index (χ3v) is 1.58. The highest BCUT2D eigenvalue weighted by atomic mass is 16.5. The number of hydrogen-bond donors (Lipinski definition) is 0. The number of methoxy groups -OCH3 is 1. The maximum Gasteiger partial charge on any atom is 0.316 e.